The first-order valence-corrected chi connectivity index (χ1v) is 4.59. The van der Waals surface area contributed by atoms with Gasteiger partial charge < -0.3 is 4.74 Å². The quantitative estimate of drug-likeness (QED) is 0.515. The molecule has 0 aromatic heterocycles. The highest BCUT2D eigenvalue weighted by molar-refractivity contribution is 14.1. The van der Waals surface area contributed by atoms with Gasteiger partial charge in [0.15, 0.2) is 0 Å². The third-order valence-corrected chi connectivity index (χ3v) is 2.16. The Kier molecular flexibility index (Phi) is 3.12. The molecule has 0 aliphatic carbocycles. The first-order valence-electron chi connectivity index (χ1n) is 3.07. The number of ether oxygens (including phenoxy) is 1. The largest absolute Gasteiger partial charge is 0.381 e. The maximum absolute atomic E-state index is 5.21. The lowest BCUT2D eigenvalue weighted by molar-refractivity contribution is 0.185. The van der Waals surface area contributed by atoms with Crippen molar-refractivity contribution in [3.63, 3.8) is 0 Å². The lowest BCUT2D eigenvalue weighted by Gasteiger charge is -2.00. The summed E-state index contributed by atoms with van der Waals surface area (Å²) < 4.78 is 6.49. The summed E-state index contributed by atoms with van der Waals surface area (Å²) in [5, 5.41) is 0. The standard InChI is InChI=1S/C6H11IO/c7-3-1-6-2-4-8-5-6/h6H,1-5H2/t6-/m0/s1. The van der Waals surface area contributed by atoms with Gasteiger partial charge in [-0.3, -0.25) is 0 Å². The van der Waals surface area contributed by atoms with Crippen LogP contribution in [0, 0.1) is 5.92 Å². The second kappa shape index (κ2) is 3.67. The van der Waals surface area contributed by atoms with Crippen molar-refractivity contribution in [2.45, 2.75) is 12.8 Å². The van der Waals surface area contributed by atoms with Crippen LogP contribution in [0.2, 0.25) is 0 Å². The monoisotopic (exact) mass is 226 g/mol. The number of rotatable bonds is 2. The van der Waals surface area contributed by atoms with Gasteiger partial charge in [0.25, 0.3) is 0 Å². The molecule has 0 radical (unpaired) electrons. The molecule has 0 spiro atoms. The molecule has 1 saturated heterocycles. The molecular weight excluding hydrogens is 215 g/mol. The Bertz CT molecular complexity index is 59.5. The summed E-state index contributed by atoms with van der Waals surface area (Å²) in [4.78, 5) is 0. The minimum Gasteiger partial charge on any atom is -0.381 e. The molecule has 2 heteroatoms. The van der Waals surface area contributed by atoms with Gasteiger partial charge in [-0.2, -0.15) is 0 Å². The smallest absolute Gasteiger partial charge is 0.0495 e. The average Bonchev–Trinajstić information content (AvgIpc) is 2.19. The van der Waals surface area contributed by atoms with Crippen LogP contribution in [0.4, 0.5) is 0 Å². The Morgan fingerprint density at radius 3 is 3.00 bits per heavy atom. The molecule has 1 fully saturated rings. The molecule has 0 bridgehead atoms. The average molecular weight is 226 g/mol. The van der Waals surface area contributed by atoms with E-state index in [-0.39, 0.29) is 0 Å². The first kappa shape index (κ1) is 6.81. The molecule has 1 aliphatic heterocycles. The van der Waals surface area contributed by atoms with Gasteiger partial charge in [0.05, 0.1) is 0 Å². The fourth-order valence-electron chi connectivity index (χ4n) is 0.965. The van der Waals surface area contributed by atoms with E-state index in [1.165, 1.54) is 17.3 Å². The van der Waals surface area contributed by atoms with Crippen LogP contribution in [0.25, 0.3) is 0 Å². The fraction of sp³-hybridized carbons (Fsp3) is 1.00. The van der Waals surface area contributed by atoms with E-state index in [4.69, 9.17) is 4.74 Å². The van der Waals surface area contributed by atoms with Crippen LogP contribution in [0.3, 0.4) is 0 Å². The highest BCUT2D eigenvalue weighted by Gasteiger charge is 2.13. The van der Waals surface area contributed by atoms with E-state index in [0.29, 0.717) is 0 Å². The van der Waals surface area contributed by atoms with Crippen molar-refractivity contribution < 1.29 is 4.74 Å². The van der Waals surface area contributed by atoms with Gasteiger partial charge in [-0.1, -0.05) is 22.6 Å². The molecule has 0 saturated carbocycles. The molecule has 1 nitrogen and oxygen atoms in total. The van der Waals surface area contributed by atoms with Gasteiger partial charge in [0.1, 0.15) is 0 Å². The Morgan fingerprint density at radius 2 is 2.50 bits per heavy atom. The molecule has 1 heterocycles. The minimum atomic E-state index is 0.881. The van der Waals surface area contributed by atoms with E-state index >= 15 is 0 Å². The van der Waals surface area contributed by atoms with Gasteiger partial charge in [-0.05, 0) is 23.2 Å². The zero-order valence-electron chi connectivity index (χ0n) is 4.90. The molecule has 0 amide bonds. The Balaban J connectivity index is 2.06. The highest BCUT2D eigenvalue weighted by Crippen LogP contribution is 2.16. The van der Waals surface area contributed by atoms with Crippen LogP contribution < -0.4 is 0 Å². The van der Waals surface area contributed by atoms with Crippen LogP contribution in [0.5, 0.6) is 0 Å². The fourth-order valence-corrected chi connectivity index (χ4v) is 1.85. The summed E-state index contributed by atoms with van der Waals surface area (Å²) in [7, 11) is 0. The summed E-state index contributed by atoms with van der Waals surface area (Å²) in [6.45, 7) is 2.02. The van der Waals surface area contributed by atoms with Crippen LogP contribution in [0.1, 0.15) is 12.8 Å². The van der Waals surface area contributed by atoms with Crippen molar-refractivity contribution in [1.82, 2.24) is 0 Å². The molecule has 0 unspecified atom stereocenters. The number of hydrogen-bond acceptors (Lipinski definition) is 1. The van der Waals surface area contributed by atoms with Gasteiger partial charge in [-0.25, -0.2) is 0 Å². The molecule has 1 rings (SSSR count). The van der Waals surface area contributed by atoms with Crippen LogP contribution in [-0.2, 0) is 4.74 Å². The first-order chi connectivity index (χ1) is 3.93. The Morgan fingerprint density at radius 1 is 1.62 bits per heavy atom. The minimum absolute atomic E-state index is 0.881. The third kappa shape index (κ3) is 1.90. The van der Waals surface area contributed by atoms with Gasteiger partial charge in [0, 0.05) is 13.2 Å². The van der Waals surface area contributed by atoms with Crippen LogP contribution in [0.15, 0.2) is 0 Å². The van der Waals surface area contributed by atoms with E-state index in [2.05, 4.69) is 22.6 Å². The summed E-state index contributed by atoms with van der Waals surface area (Å²) in [5.41, 5.74) is 0. The number of hydrogen-bond donors (Lipinski definition) is 0. The van der Waals surface area contributed by atoms with E-state index in [9.17, 15) is 0 Å². The predicted molar refractivity (Wildman–Crippen MR) is 42.4 cm³/mol. The number of alkyl halides is 1. The van der Waals surface area contributed by atoms with Crippen molar-refractivity contribution in [2.75, 3.05) is 17.6 Å². The number of halogens is 1. The highest BCUT2D eigenvalue weighted by atomic mass is 127. The molecular formula is C6H11IO. The van der Waals surface area contributed by atoms with Gasteiger partial charge in [0.2, 0.25) is 0 Å². The van der Waals surface area contributed by atoms with E-state index in [1.807, 2.05) is 0 Å². The summed E-state index contributed by atoms with van der Waals surface area (Å²) in [6, 6.07) is 0. The van der Waals surface area contributed by atoms with Crippen molar-refractivity contribution >= 4 is 22.6 Å². The van der Waals surface area contributed by atoms with Crippen LogP contribution in [-0.4, -0.2) is 17.6 Å². The summed E-state index contributed by atoms with van der Waals surface area (Å²) >= 11 is 2.42. The SMILES string of the molecule is ICC[C@H]1CCOC1. The third-order valence-electron chi connectivity index (χ3n) is 1.54. The lowest BCUT2D eigenvalue weighted by atomic mass is 10.1. The van der Waals surface area contributed by atoms with E-state index < -0.39 is 0 Å². The van der Waals surface area contributed by atoms with E-state index in [0.717, 1.165) is 19.1 Å². The molecule has 8 heavy (non-hydrogen) atoms. The van der Waals surface area contributed by atoms with Crippen molar-refractivity contribution in [3.8, 4) is 0 Å². The second-order valence-corrected chi connectivity index (χ2v) is 3.29. The van der Waals surface area contributed by atoms with Gasteiger partial charge >= 0.3 is 0 Å². The van der Waals surface area contributed by atoms with Gasteiger partial charge in [-0.15, -0.1) is 0 Å². The maximum atomic E-state index is 5.21. The Hall–Kier alpha value is 0.690. The van der Waals surface area contributed by atoms with Crippen LogP contribution >= 0.6 is 22.6 Å². The van der Waals surface area contributed by atoms with Crippen molar-refractivity contribution in [1.29, 1.82) is 0 Å². The molecule has 1 atom stereocenters. The second-order valence-electron chi connectivity index (χ2n) is 2.21. The maximum Gasteiger partial charge on any atom is 0.0495 e. The Labute approximate surface area is 63.9 Å². The zero-order chi connectivity index (χ0) is 5.82. The molecule has 48 valence electrons. The van der Waals surface area contributed by atoms with E-state index in [1.54, 1.807) is 0 Å². The molecule has 1 aliphatic rings. The topological polar surface area (TPSA) is 9.23 Å². The normalized spacial score (nSPS) is 28.9. The predicted octanol–water partition coefficient (Wildman–Crippen LogP) is 1.85. The van der Waals surface area contributed by atoms with Crippen molar-refractivity contribution in [2.24, 2.45) is 5.92 Å². The molecule has 0 aromatic rings. The lowest BCUT2D eigenvalue weighted by Crippen LogP contribution is -1.98. The summed E-state index contributed by atoms with van der Waals surface area (Å²) in [6.07, 6.45) is 2.64. The summed E-state index contributed by atoms with van der Waals surface area (Å²) in [5.74, 6) is 0.881. The molecule has 0 aromatic carbocycles. The zero-order valence-corrected chi connectivity index (χ0v) is 7.06. The molecule has 0 N–H and O–H groups in total. The van der Waals surface area contributed by atoms with Crippen molar-refractivity contribution in [3.05, 3.63) is 0 Å².